The number of hydrogen-bond donors (Lipinski definition) is 2. The first kappa shape index (κ1) is 21.8. The van der Waals surface area contributed by atoms with Gasteiger partial charge in [0.2, 0.25) is 5.91 Å². The molecule has 0 unspecified atom stereocenters. The van der Waals surface area contributed by atoms with Crippen molar-refractivity contribution in [1.29, 1.82) is 0 Å². The summed E-state index contributed by atoms with van der Waals surface area (Å²) in [5, 5.41) is 6.03. The molecule has 0 bridgehead atoms. The van der Waals surface area contributed by atoms with Crippen molar-refractivity contribution in [3.05, 3.63) is 88.9 Å². The monoisotopic (exact) mass is 431 g/mol. The first-order chi connectivity index (χ1) is 15.5. The molecule has 0 spiro atoms. The predicted molar refractivity (Wildman–Crippen MR) is 124 cm³/mol. The zero-order valence-corrected chi connectivity index (χ0v) is 18.6. The molecule has 1 fully saturated rings. The summed E-state index contributed by atoms with van der Waals surface area (Å²) in [6, 6.07) is 17.7. The molecule has 166 valence electrons. The second kappa shape index (κ2) is 9.83. The molecule has 32 heavy (non-hydrogen) atoms. The van der Waals surface area contributed by atoms with Gasteiger partial charge in [-0.1, -0.05) is 24.3 Å². The van der Waals surface area contributed by atoms with Gasteiger partial charge in [0.15, 0.2) is 0 Å². The van der Waals surface area contributed by atoms with Gasteiger partial charge in [-0.2, -0.15) is 0 Å². The third-order valence-electron chi connectivity index (χ3n) is 5.53. The molecule has 6 nitrogen and oxygen atoms in total. The molecule has 0 saturated heterocycles. The zero-order chi connectivity index (χ0) is 22.5. The van der Waals surface area contributed by atoms with Crippen LogP contribution in [0.15, 0.2) is 65.3 Å². The van der Waals surface area contributed by atoms with Crippen LogP contribution in [0.4, 0.5) is 5.69 Å². The second-order valence-electron chi connectivity index (χ2n) is 8.54. The van der Waals surface area contributed by atoms with Gasteiger partial charge in [0, 0.05) is 23.8 Å². The van der Waals surface area contributed by atoms with Crippen molar-refractivity contribution < 1.29 is 14.0 Å². The average molecular weight is 432 g/mol. The van der Waals surface area contributed by atoms with Gasteiger partial charge in [-0.3, -0.25) is 14.5 Å². The average Bonchev–Trinajstić information content (AvgIpc) is 3.43. The molecule has 6 heteroatoms. The molecule has 0 atom stereocenters. The summed E-state index contributed by atoms with van der Waals surface area (Å²) in [5.41, 5.74) is 4.65. The Morgan fingerprint density at radius 2 is 1.81 bits per heavy atom. The second-order valence-corrected chi connectivity index (χ2v) is 8.54. The Morgan fingerprint density at radius 1 is 1.03 bits per heavy atom. The molecule has 1 aliphatic carbocycles. The standard InChI is InChI=1S/C26H29N3O3/c1-18-5-6-19(2)24(14-18)28-25(30)17-29(16-23-4-3-13-32-23)15-20-7-9-21(10-8-20)26(31)27-22-11-12-22/h3-10,13-14,22H,11-12,15-17H2,1-2H3,(H,27,31)(H,28,30). The SMILES string of the molecule is Cc1ccc(C)c(NC(=O)CN(Cc2ccc(C(=O)NC3CC3)cc2)Cc2ccco2)c1. The number of anilines is 1. The number of amides is 2. The molecule has 0 aliphatic heterocycles. The molecule has 1 heterocycles. The summed E-state index contributed by atoms with van der Waals surface area (Å²) in [7, 11) is 0. The number of nitrogens with one attached hydrogen (secondary N) is 2. The Kier molecular flexibility index (Phi) is 6.71. The summed E-state index contributed by atoms with van der Waals surface area (Å²) >= 11 is 0. The van der Waals surface area contributed by atoms with Crippen molar-refractivity contribution in [2.24, 2.45) is 0 Å². The van der Waals surface area contributed by atoms with Gasteiger partial charge in [0.25, 0.3) is 5.91 Å². The molecule has 1 aromatic heterocycles. The van der Waals surface area contributed by atoms with Crippen LogP contribution in [0.25, 0.3) is 0 Å². The van der Waals surface area contributed by atoms with Gasteiger partial charge < -0.3 is 15.1 Å². The van der Waals surface area contributed by atoms with E-state index in [9.17, 15) is 9.59 Å². The fourth-order valence-electron chi connectivity index (χ4n) is 3.57. The van der Waals surface area contributed by atoms with E-state index >= 15 is 0 Å². The van der Waals surface area contributed by atoms with Gasteiger partial charge in [0.1, 0.15) is 5.76 Å². The van der Waals surface area contributed by atoms with E-state index in [1.54, 1.807) is 6.26 Å². The summed E-state index contributed by atoms with van der Waals surface area (Å²) < 4.78 is 5.50. The van der Waals surface area contributed by atoms with Gasteiger partial charge in [0.05, 0.1) is 19.4 Å². The van der Waals surface area contributed by atoms with Crippen LogP contribution in [-0.2, 0) is 17.9 Å². The Hall–Kier alpha value is -3.38. The minimum Gasteiger partial charge on any atom is -0.468 e. The van der Waals surface area contributed by atoms with Crippen LogP contribution in [0, 0.1) is 13.8 Å². The lowest BCUT2D eigenvalue weighted by Gasteiger charge is -2.21. The lowest BCUT2D eigenvalue weighted by atomic mass is 10.1. The van der Waals surface area contributed by atoms with E-state index in [1.165, 1.54) is 0 Å². The van der Waals surface area contributed by atoms with Crippen LogP contribution in [-0.4, -0.2) is 29.3 Å². The fraction of sp³-hybridized carbons (Fsp3) is 0.308. The number of aryl methyl sites for hydroxylation is 2. The normalized spacial score (nSPS) is 13.2. The summed E-state index contributed by atoms with van der Waals surface area (Å²) in [5.74, 6) is 0.690. The molecule has 4 rings (SSSR count). The van der Waals surface area contributed by atoms with Gasteiger partial charge in [-0.05, 0) is 73.7 Å². The number of hydrogen-bond acceptors (Lipinski definition) is 4. The minimum atomic E-state index is -0.0781. The fourth-order valence-corrected chi connectivity index (χ4v) is 3.57. The van der Waals surface area contributed by atoms with E-state index in [1.807, 2.05) is 73.3 Å². The summed E-state index contributed by atoms with van der Waals surface area (Å²) in [6.45, 7) is 5.28. The first-order valence-corrected chi connectivity index (χ1v) is 11.0. The lowest BCUT2D eigenvalue weighted by molar-refractivity contribution is -0.117. The van der Waals surface area contributed by atoms with Crippen molar-refractivity contribution in [1.82, 2.24) is 10.2 Å². The molecule has 2 aromatic carbocycles. The van der Waals surface area contributed by atoms with Gasteiger partial charge in [-0.25, -0.2) is 0 Å². The topological polar surface area (TPSA) is 74.6 Å². The molecule has 1 aliphatic rings. The third kappa shape index (κ3) is 6.08. The Balaban J connectivity index is 1.42. The highest BCUT2D eigenvalue weighted by Gasteiger charge is 2.23. The van der Waals surface area contributed by atoms with Crippen LogP contribution >= 0.6 is 0 Å². The molecule has 2 N–H and O–H groups in total. The van der Waals surface area contributed by atoms with Crippen LogP contribution in [0.1, 0.15) is 45.7 Å². The number of nitrogens with zero attached hydrogens (tertiary/aromatic N) is 1. The van der Waals surface area contributed by atoms with Gasteiger partial charge >= 0.3 is 0 Å². The smallest absolute Gasteiger partial charge is 0.251 e. The van der Waals surface area contributed by atoms with Crippen molar-refractivity contribution in [2.75, 3.05) is 11.9 Å². The molecule has 2 amide bonds. The molecule has 3 aromatic rings. The number of carbonyl (C=O) groups is 2. The maximum Gasteiger partial charge on any atom is 0.251 e. The summed E-state index contributed by atoms with van der Waals surface area (Å²) in [6.07, 6.45) is 3.77. The van der Waals surface area contributed by atoms with E-state index in [0.29, 0.717) is 24.7 Å². The maximum atomic E-state index is 12.8. The molecule has 1 saturated carbocycles. The van der Waals surface area contributed by atoms with Crippen LogP contribution in [0.3, 0.4) is 0 Å². The van der Waals surface area contributed by atoms with E-state index in [2.05, 4.69) is 10.6 Å². The highest BCUT2D eigenvalue weighted by Crippen LogP contribution is 2.20. The zero-order valence-electron chi connectivity index (χ0n) is 18.6. The molecular formula is C26H29N3O3. The molecule has 0 radical (unpaired) electrons. The quantitative estimate of drug-likeness (QED) is 0.526. The number of furan rings is 1. The van der Waals surface area contributed by atoms with Crippen molar-refractivity contribution >= 4 is 17.5 Å². The predicted octanol–water partition coefficient (Wildman–Crippen LogP) is 4.43. The van der Waals surface area contributed by atoms with E-state index < -0.39 is 0 Å². The first-order valence-electron chi connectivity index (χ1n) is 11.0. The Labute approximate surface area is 188 Å². The number of benzene rings is 2. The number of carbonyl (C=O) groups excluding carboxylic acids is 2. The van der Waals surface area contributed by atoms with E-state index in [-0.39, 0.29) is 18.4 Å². The van der Waals surface area contributed by atoms with Crippen molar-refractivity contribution in [3.8, 4) is 0 Å². The number of rotatable bonds is 9. The third-order valence-corrected chi connectivity index (χ3v) is 5.53. The highest BCUT2D eigenvalue weighted by atomic mass is 16.3. The lowest BCUT2D eigenvalue weighted by Crippen LogP contribution is -2.32. The van der Waals surface area contributed by atoms with E-state index in [0.717, 1.165) is 41.0 Å². The van der Waals surface area contributed by atoms with E-state index in [4.69, 9.17) is 4.42 Å². The van der Waals surface area contributed by atoms with Crippen LogP contribution < -0.4 is 10.6 Å². The molecular weight excluding hydrogens is 402 g/mol. The Bertz CT molecular complexity index is 1070. The Morgan fingerprint density at radius 3 is 2.50 bits per heavy atom. The van der Waals surface area contributed by atoms with Gasteiger partial charge in [-0.15, -0.1) is 0 Å². The minimum absolute atomic E-state index is 0.0283. The largest absolute Gasteiger partial charge is 0.468 e. The maximum absolute atomic E-state index is 12.8. The van der Waals surface area contributed by atoms with Crippen LogP contribution in [0.5, 0.6) is 0 Å². The summed E-state index contributed by atoms with van der Waals surface area (Å²) in [4.78, 5) is 27.1. The van der Waals surface area contributed by atoms with Crippen molar-refractivity contribution in [3.63, 3.8) is 0 Å². The van der Waals surface area contributed by atoms with Crippen LogP contribution in [0.2, 0.25) is 0 Å². The van der Waals surface area contributed by atoms with Crippen molar-refractivity contribution in [2.45, 2.75) is 45.8 Å². The highest BCUT2D eigenvalue weighted by molar-refractivity contribution is 5.94.